The molecule has 0 aliphatic heterocycles. The summed E-state index contributed by atoms with van der Waals surface area (Å²) in [6.45, 7) is 1.86. The van der Waals surface area contributed by atoms with Gasteiger partial charge in [0.15, 0.2) is 5.02 Å². The summed E-state index contributed by atoms with van der Waals surface area (Å²) in [5, 5.41) is -0.0805. The number of aromatic amines is 1. The van der Waals surface area contributed by atoms with Crippen molar-refractivity contribution in [3.8, 4) is 11.6 Å². The van der Waals surface area contributed by atoms with Gasteiger partial charge in [0.25, 0.3) is 5.56 Å². The average Bonchev–Trinajstić information content (AvgIpc) is 2.28. The third kappa shape index (κ3) is 2.20. The smallest absolute Gasteiger partial charge is 0.273 e. The molecule has 0 amide bonds. The minimum atomic E-state index is -0.438. The molecule has 82 valence electrons. The summed E-state index contributed by atoms with van der Waals surface area (Å²) in [4.78, 5) is 21.4. The third-order valence-electron chi connectivity index (χ3n) is 1.86. The number of ether oxygens (including phenoxy) is 1. The average molecular weight is 238 g/mol. The van der Waals surface area contributed by atoms with Crippen LogP contribution in [0.1, 0.15) is 5.69 Å². The normalized spacial score (nSPS) is 10.1. The predicted molar refractivity (Wildman–Crippen MR) is 58.9 cm³/mol. The van der Waals surface area contributed by atoms with Crippen LogP contribution in [0.4, 0.5) is 0 Å². The molecule has 0 saturated carbocycles. The van der Waals surface area contributed by atoms with E-state index in [1.165, 1.54) is 12.5 Å². The number of nitrogens with zero attached hydrogens (tertiary/aromatic N) is 2. The second-order valence-electron chi connectivity index (χ2n) is 3.09. The lowest BCUT2D eigenvalue weighted by Crippen LogP contribution is -2.07. The molecule has 2 aromatic rings. The molecule has 0 atom stereocenters. The van der Waals surface area contributed by atoms with Gasteiger partial charge in [-0.2, -0.15) is 0 Å². The number of hydrogen-bond acceptors (Lipinski definition) is 4. The molecule has 6 heteroatoms. The highest BCUT2D eigenvalue weighted by Gasteiger charge is 2.07. The van der Waals surface area contributed by atoms with Gasteiger partial charge in [0, 0.05) is 5.69 Å². The fraction of sp³-hybridized carbons (Fsp3) is 0.100. The molecule has 2 aromatic heterocycles. The Morgan fingerprint density at radius 2 is 2.19 bits per heavy atom. The topological polar surface area (TPSA) is 67.9 Å². The van der Waals surface area contributed by atoms with Crippen LogP contribution >= 0.6 is 11.6 Å². The van der Waals surface area contributed by atoms with Crippen LogP contribution in [-0.2, 0) is 0 Å². The number of rotatable bonds is 2. The SMILES string of the molecule is Cc1ccc(Oc2nc[nH]c(=O)c2Cl)cn1. The van der Waals surface area contributed by atoms with Gasteiger partial charge < -0.3 is 9.72 Å². The standard InChI is InChI=1S/C10H8ClN3O2/c1-6-2-3-7(4-12-6)16-10-8(11)9(15)13-5-14-10/h2-5H,1H3,(H,13,14,15). The number of pyridine rings is 1. The zero-order valence-corrected chi connectivity index (χ0v) is 9.15. The first-order valence-electron chi connectivity index (χ1n) is 4.50. The van der Waals surface area contributed by atoms with E-state index in [2.05, 4.69) is 15.0 Å². The van der Waals surface area contributed by atoms with Gasteiger partial charge in [-0.15, -0.1) is 0 Å². The van der Waals surface area contributed by atoms with E-state index < -0.39 is 5.56 Å². The molecule has 16 heavy (non-hydrogen) atoms. The molecule has 2 heterocycles. The van der Waals surface area contributed by atoms with Gasteiger partial charge in [-0.05, 0) is 19.1 Å². The second kappa shape index (κ2) is 4.32. The van der Waals surface area contributed by atoms with Crippen LogP contribution in [-0.4, -0.2) is 15.0 Å². The fourth-order valence-corrected chi connectivity index (χ4v) is 1.21. The van der Waals surface area contributed by atoms with Gasteiger partial charge in [-0.25, -0.2) is 4.98 Å². The second-order valence-corrected chi connectivity index (χ2v) is 3.47. The summed E-state index contributed by atoms with van der Waals surface area (Å²) in [5.74, 6) is 0.543. The van der Waals surface area contributed by atoms with Crippen LogP contribution in [0.15, 0.2) is 29.5 Å². The molecule has 0 bridgehead atoms. The molecule has 1 N–H and O–H groups in total. The summed E-state index contributed by atoms with van der Waals surface area (Å²) in [7, 11) is 0. The van der Waals surface area contributed by atoms with Gasteiger partial charge >= 0.3 is 0 Å². The van der Waals surface area contributed by atoms with Crippen LogP contribution in [0.3, 0.4) is 0 Å². The van der Waals surface area contributed by atoms with E-state index in [1.54, 1.807) is 12.1 Å². The van der Waals surface area contributed by atoms with Crippen molar-refractivity contribution >= 4 is 11.6 Å². The van der Waals surface area contributed by atoms with Gasteiger partial charge in [-0.1, -0.05) is 11.6 Å². The molecule has 5 nitrogen and oxygen atoms in total. The van der Waals surface area contributed by atoms with E-state index in [4.69, 9.17) is 16.3 Å². The number of H-pyrrole nitrogens is 1. The number of aromatic nitrogens is 3. The number of halogens is 1. The molecule has 0 aliphatic carbocycles. The molecular formula is C10H8ClN3O2. The summed E-state index contributed by atoms with van der Waals surface area (Å²) in [5.41, 5.74) is 0.434. The number of nitrogens with one attached hydrogen (secondary N) is 1. The van der Waals surface area contributed by atoms with Crippen molar-refractivity contribution in [1.29, 1.82) is 0 Å². The van der Waals surface area contributed by atoms with Crippen LogP contribution in [0.25, 0.3) is 0 Å². The van der Waals surface area contributed by atoms with Gasteiger partial charge in [-0.3, -0.25) is 9.78 Å². The highest BCUT2D eigenvalue weighted by molar-refractivity contribution is 6.31. The van der Waals surface area contributed by atoms with Crippen LogP contribution in [0.5, 0.6) is 11.6 Å². The lowest BCUT2D eigenvalue weighted by molar-refractivity contribution is 0.458. The highest BCUT2D eigenvalue weighted by Crippen LogP contribution is 2.22. The summed E-state index contributed by atoms with van der Waals surface area (Å²) >= 11 is 5.72. The maximum atomic E-state index is 11.2. The Balaban J connectivity index is 2.30. The molecule has 0 radical (unpaired) electrons. The molecule has 0 aromatic carbocycles. The Bertz CT molecular complexity index is 551. The molecule has 0 aliphatic rings. The van der Waals surface area contributed by atoms with Crippen molar-refractivity contribution in [2.45, 2.75) is 6.92 Å². The van der Waals surface area contributed by atoms with Crippen molar-refractivity contribution in [3.05, 3.63) is 45.7 Å². The van der Waals surface area contributed by atoms with E-state index >= 15 is 0 Å². The van der Waals surface area contributed by atoms with Gasteiger partial charge in [0.2, 0.25) is 5.88 Å². The first kappa shape index (κ1) is 10.6. The van der Waals surface area contributed by atoms with Gasteiger partial charge in [0.1, 0.15) is 5.75 Å². The first-order chi connectivity index (χ1) is 7.66. The minimum absolute atomic E-state index is 0.0658. The maximum absolute atomic E-state index is 11.2. The predicted octanol–water partition coefficient (Wildman–Crippen LogP) is 1.92. The Kier molecular flexibility index (Phi) is 2.87. The molecule has 0 spiro atoms. The largest absolute Gasteiger partial charge is 0.436 e. The molecule has 0 unspecified atom stereocenters. The van der Waals surface area contributed by atoms with Gasteiger partial charge in [0.05, 0.1) is 12.5 Å². The summed E-state index contributed by atoms with van der Waals surface area (Å²) in [6, 6.07) is 3.51. The maximum Gasteiger partial charge on any atom is 0.273 e. The monoisotopic (exact) mass is 237 g/mol. The van der Waals surface area contributed by atoms with Crippen LogP contribution in [0, 0.1) is 6.92 Å². The third-order valence-corrected chi connectivity index (χ3v) is 2.20. The Labute approximate surface area is 96.1 Å². The zero-order chi connectivity index (χ0) is 11.5. The van der Waals surface area contributed by atoms with Crippen LogP contribution < -0.4 is 10.3 Å². The lowest BCUT2D eigenvalue weighted by Gasteiger charge is -2.04. The first-order valence-corrected chi connectivity index (χ1v) is 4.88. The van der Waals surface area contributed by atoms with Crippen molar-refractivity contribution in [2.24, 2.45) is 0 Å². The summed E-state index contributed by atoms with van der Waals surface area (Å²) < 4.78 is 5.32. The quantitative estimate of drug-likeness (QED) is 0.867. The van der Waals surface area contributed by atoms with E-state index in [0.717, 1.165) is 5.69 Å². The van der Waals surface area contributed by atoms with Crippen LogP contribution in [0.2, 0.25) is 5.02 Å². The number of hydrogen-bond donors (Lipinski definition) is 1. The van der Waals surface area contributed by atoms with Crippen molar-refractivity contribution in [1.82, 2.24) is 15.0 Å². The van der Waals surface area contributed by atoms with Crippen molar-refractivity contribution in [2.75, 3.05) is 0 Å². The van der Waals surface area contributed by atoms with E-state index in [1.807, 2.05) is 6.92 Å². The van der Waals surface area contributed by atoms with Crippen molar-refractivity contribution in [3.63, 3.8) is 0 Å². The minimum Gasteiger partial charge on any atom is -0.436 e. The van der Waals surface area contributed by atoms with E-state index in [9.17, 15) is 4.79 Å². The highest BCUT2D eigenvalue weighted by atomic mass is 35.5. The molecule has 0 saturated heterocycles. The van der Waals surface area contributed by atoms with E-state index in [-0.39, 0.29) is 10.9 Å². The number of aryl methyl sites for hydroxylation is 1. The van der Waals surface area contributed by atoms with E-state index in [0.29, 0.717) is 5.75 Å². The Morgan fingerprint density at radius 3 is 2.88 bits per heavy atom. The molecule has 0 fully saturated rings. The molecule has 2 rings (SSSR count). The Hall–Kier alpha value is -1.88. The van der Waals surface area contributed by atoms with Crippen molar-refractivity contribution < 1.29 is 4.74 Å². The lowest BCUT2D eigenvalue weighted by atomic mass is 10.4. The zero-order valence-electron chi connectivity index (χ0n) is 8.40. The Morgan fingerprint density at radius 1 is 1.38 bits per heavy atom. The fourth-order valence-electron chi connectivity index (χ4n) is 1.06. The summed E-state index contributed by atoms with van der Waals surface area (Å²) in [6.07, 6.45) is 2.76. The molecular weight excluding hydrogens is 230 g/mol.